The van der Waals surface area contributed by atoms with Gasteiger partial charge in [0.25, 0.3) is 0 Å². The molecular weight excluding hydrogens is 522 g/mol. The minimum atomic E-state index is -0.0972. The number of fused-ring (bicyclic) bond motifs is 1. The van der Waals surface area contributed by atoms with Gasteiger partial charge in [0.2, 0.25) is 0 Å². The smallest absolute Gasteiger partial charge is 0.0969 e. The van der Waals surface area contributed by atoms with Gasteiger partial charge in [-0.05, 0) is 68.4 Å². The number of morpholine rings is 1. The number of nitrogens with zero attached hydrogens (tertiary/aromatic N) is 5. The summed E-state index contributed by atoms with van der Waals surface area (Å²) in [5.74, 6) is 0. The van der Waals surface area contributed by atoms with E-state index in [0.717, 1.165) is 83.6 Å². The van der Waals surface area contributed by atoms with E-state index >= 15 is 0 Å². The van der Waals surface area contributed by atoms with Crippen molar-refractivity contribution in [2.24, 2.45) is 5.41 Å². The fourth-order valence-corrected chi connectivity index (χ4v) is 6.90. The van der Waals surface area contributed by atoms with Gasteiger partial charge < -0.3 is 23.8 Å². The van der Waals surface area contributed by atoms with Crippen molar-refractivity contribution in [3.8, 4) is 11.3 Å². The first-order valence-electron chi connectivity index (χ1n) is 16.3. The zero-order chi connectivity index (χ0) is 29.4. The maximum absolute atomic E-state index is 5.93. The van der Waals surface area contributed by atoms with Crippen LogP contribution in [0.15, 0.2) is 30.5 Å². The van der Waals surface area contributed by atoms with Crippen molar-refractivity contribution in [1.29, 1.82) is 0 Å². The second-order valence-corrected chi connectivity index (χ2v) is 13.3. The molecule has 3 aliphatic rings. The van der Waals surface area contributed by atoms with Gasteiger partial charge in [0, 0.05) is 81.1 Å². The van der Waals surface area contributed by atoms with Gasteiger partial charge in [-0.3, -0.25) is 9.88 Å². The number of aryl methyl sites for hydroxylation is 1. The first kappa shape index (κ1) is 29.5. The van der Waals surface area contributed by atoms with Crippen LogP contribution in [0.3, 0.4) is 0 Å². The Morgan fingerprint density at radius 2 is 1.69 bits per heavy atom. The minimum absolute atomic E-state index is 0.0972. The summed E-state index contributed by atoms with van der Waals surface area (Å²) in [5.41, 5.74) is 9.02. The number of methoxy groups -OCH3 is 1. The zero-order valence-corrected chi connectivity index (χ0v) is 26.8. The molecule has 1 atom stereocenters. The molecule has 1 saturated carbocycles. The quantitative estimate of drug-likeness (QED) is 0.275. The SMILES string of the molecule is CCn1c(-c2cc(N3CCN(C4CC4)CC3)cnc2C(C)OC)c(CC(C)(C)CC)c2cc(N3CCOCC3)ccc21. The van der Waals surface area contributed by atoms with E-state index in [-0.39, 0.29) is 11.5 Å². The van der Waals surface area contributed by atoms with E-state index in [1.807, 2.05) is 0 Å². The van der Waals surface area contributed by atoms with E-state index in [1.54, 1.807) is 7.11 Å². The highest BCUT2D eigenvalue weighted by Gasteiger charge is 2.32. The summed E-state index contributed by atoms with van der Waals surface area (Å²) < 4.78 is 14.1. The van der Waals surface area contributed by atoms with Crippen molar-refractivity contribution in [3.63, 3.8) is 0 Å². The second kappa shape index (κ2) is 12.2. The molecule has 7 nitrogen and oxygen atoms in total. The topological polar surface area (TPSA) is 46.0 Å². The van der Waals surface area contributed by atoms with Crippen LogP contribution in [0.4, 0.5) is 11.4 Å². The van der Waals surface area contributed by atoms with Crippen LogP contribution in [0, 0.1) is 5.41 Å². The van der Waals surface area contributed by atoms with Crippen LogP contribution in [0.2, 0.25) is 0 Å². The molecule has 0 radical (unpaired) electrons. The van der Waals surface area contributed by atoms with Crippen molar-refractivity contribution in [3.05, 3.63) is 41.7 Å². The molecule has 1 aromatic carbocycles. The van der Waals surface area contributed by atoms with Crippen molar-refractivity contribution in [2.75, 3.05) is 69.4 Å². The number of piperazine rings is 1. The third-order valence-electron chi connectivity index (χ3n) is 10.1. The minimum Gasteiger partial charge on any atom is -0.378 e. The fraction of sp³-hybridized carbons (Fsp3) is 0.629. The molecule has 42 heavy (non-hydrogen) atoms. The second-order valence-electron chi connectivity index (χ2n) is 13.3. The van der Waals surface area contributed by atoms with Crippen LogP contribution in [0.25, 0.3) is 22.2 Å². The molecule has 0 amide bonds. The maximum Gasteiger partial charge on any atom is 0.0969 e. The molecule has 3 aromatic rings. The maximum atomic E-state index is 5.93. The van der Waals surface area contributed by atoms with E-state index in [2.05, 4.69) is 84.3 Å². The van der Waals surface area contributed by atoms with E-state index in [0.29, 0.717) is 0 Å². The number of anilines is 2. The van der Waals surface area contributed by atoms with Gasteiger partial charge in [-0.15, -0.1) is 0 Å². The van der Waals surface area contributed by atoms with Crippen LogP contribution in [-0.4, -0.2) is 80.1 Å². The van der Waals surface area contributed by atoms with Crippen LogP contribution in [0.1, 0.15) is 71.2 Å². The Bertz CT molecular complexity index is 1380. The van der Waals surface area contributed by atoms with E-state index in [4.69, 9.17) is 14.5 Å². The number of rotatable bonds is 10. The summed E-state index contributed by atoms with van der Waals surface area (Å²) in [6, 6.07) is 10.4. The Morgan fingerprint density at radius 1 is 0.976 bits per heavy atom. The number of benzene rings is 1. The predicted octanol–water partition coefficient (Wildman–Crippen LogP) is 6.53. The summed E-state index contributed by atoms with van der Waals surface area (Å²) in [7, 11) is 1.80. The Balaban J connectivity index is 1.50. The third-order valence-corrected chi connectivity index (χ3v) is 10.1. The first-order chi connectivity index (χ1) is 20.3. The van der Waals surface area contributed by atoms with Crippen molar-refractivity contribution in [2.45, 2.75) is 79.0 Å². The lowest BCUT2D eigenvalue weighted by molar-refractivity contribution is 0.116. The van der Waals surface area contributed by atoms with Crippen LogP contribution in [-0.2, 0) is 22.4 Å². The van der Waals surface area contributed by atoms with Crippen LogP contribution < -0.4 is 9.80 Å². The summed E-state index contributed by atoms with van der Waals surface area (Å²) in [4.78, 5) is 12.8. The molecule has 4 heterocycles. The normalized spacial score (nSPS) is 19.6. The highest BCUT2D eigenvalue weighted by Crippen LogP contribution is 2.43. The first-order valence-corrected chi connectivity index (χ1v) is 16.3. The summed E-state index contributed by atoms with van der Waals surface area (Å²) >= 11 is 0. The molecule has 6 rings (SSSR count). The number of hydrogen-bond acceptors (Lipinski definition) is 6. The Hall–Kier alpha value is -2.61. The fourth-order valence-electron chi connectivity index (χ4n) is 6.90. The molecule has 3 fully saturated rings. The molecule has 7 heteroatoms. The molecule has 2 saturated heterocycles. The summed E-state index contributed by atoms with van der Waals surface area (Å²) in [6.45, 7) is 20.3. The molecule has 2 aromatic heterocycles. The van der Waals surface area contributed by atoms with Crippen LogP contribution in [0.5, 0.6) is 0 Å². The lowest BCUT2D eigenvalue weighted by Crippen LogP contribution is -2.47. The summed E-state index contributed by atoms with van der Waals surface area (Å²) in [6.07, 6.45) is 6.88. The molecular formula is C35H51N5O2. The molecule has 0 N–H and O–H groups in total. The van der Waals surface area contributed by atoms with Gasteiger partial charge in [0.05, 0.1) is 42.6 Å². The molecule has 1 aliphatic carbocycles. The van der Waals surface area contributed by atoms with Gasteiger partial charge in [-0.2, -0.15) is 0 Å². The van der Waals surface area contributed by atoms with Gasteiger partial charge >= 0.3 is 0 Å². The largest absolute Gasteiger partial charge is 0.378 e. The third kappa shape index (κ3) is 5.80. The van der Waals surface area contributed by atoms with Gasteiger partial charge in [-0.25, -0.2) is 0 Å². The molecule has 228 valence electrons. The van der Waals surface area contributed by atoms with E-state index in [1.165, 1.54) is 51.9 Å². The lowest BCUT2D eigenvalue weighted by Gasteiger charge is -2.36. The van der Waals surface area contributed by atoms with Gasteiger partial charge in [0.1, 0.15) is 0 Å². The van der Waals surface area contributed by atoms with Crippen molar-refractivity contribution < 1.29 is 9.47 Å². The lowest BCUT2D eigenvalue weighted by atomic mass is 9.81. The predicted molar refractivity (Wildman–Crippen MR) is 174 cm³/mol. The average Bonchev–Trinajstić information content (AvgIpc) is 3.84. The van der Waals surface area contributed by atoms with Gasteiger partial charge in [-0.1, -0.05) is 27.2 Å². The van der Waals surface area contributed by atoms with E-state index in [9.17, 15) is 0 Å². The van der Waals surface area contributed by atoms with Crippen molar-refractivity contribution in [1.82, 2.24) is 14.5 Å². The highest BCUT2D eigenvalue weighted by molar-refractivity contribution is 5.95. The number of ether oxygens (including phenoxy) is 2. The standard InChI is InChI=1S/C35H51N5O2/c1-7-35(4,5)23-31-29-21-27(39-17-19-42-20-18-39)11-12-32(29)40(8-2)34(31)30-22-28(24-36-33(30)25(3)41-6)38-15-13-37(14-16-38)26-9-10-26/h11-12,21-22,24-26H,7-10,13-20,23H2,1-6H3. The summed E-state index contributed by atoms with van der Waals surface area (Å²) in [5, 5.41) is 1.37. The monoisotopic (exact) mass is 573 g/mol. The number of pyridine rings is 1. The Morgan fingerprint density at radius 3 is 2.33 bits per heavy atom. The Kier molecular flexibility index (Phi) is 8.54. The molecule has 0 bridgehead atoms. The molecule has 1 unspecified atom stereocenters. The molecule has 0 spiro atoms. The zero-order valence-electron chi connectivity index (χ0n) is 26.8. The molecule has 2 aliphatic heterocycles. The van der Waals surface area contributed by atoms with E-state index < -0.39 is 0 Å². The number of hydrogen-bond donors (Lipinski definition) is 0. The number of aromatic nitrogens is 2. The highest BCUT2D eigenvalue weighted by atomic mass is 16.5. The van der Waals surface area contributed by atoms with Gasteiger partial charge in [0.15, 0.2) is 0 Å². The van der Waals surface area contributed by atoms with Crippen molar-refractivity contribution >= 4 is 22.3 Å². The Labute approximate surface area is 252 Å². The van der Waals surface area contributed by atoms with Crippen LogP contribution >= 0.6 is 0 Å². The average molecular weight is 574 g/mol.